The van der Waals surface area contributed by atoms with Gasteiger partial charge in [0, 0.05) is 38.2 Å². The van der Waals surface area contributed by atoms with E-state index in [1.807, 2.05) is 30.3 Å². The Balaban J connectivity index is 1.34. The number of primary amides is 1. The summed E-state index contributed by atoms with van der Waals surface area (Å²) >= 11 is 0. The van der Waals surface area contributed by atoms with Crippen molar-refractivity contribution in [1.82, 2.24) is 30.5 Å². The number of hydrogen-bond donors (Lipinski definition) is 4. The van der Waals surface area contributed by atoms with Gasteiger partial charge < -0.3 is 31.1 Å². The maximum Gasteiger partial charge on any atom is 0.287 e. The zero-order valence-electron chi connectivity index (χ0n) is 29.9. The van der Waals surface area contributed by atoms with E-state index in [0.29, 0.717) is 30.7 Å². The SMILES string of the molecule is CC(C)(O)c1cnnn1[C@H]1C[C@@H](C(=O)N[C@@]2(C(=O)C(N)=O)CCCOCC2)N(C(=O)C(CC2CCCCC2)NC(=O)c2ccc3ccccc3c2)C1. The molecule has 2 aromatic carbocycles. The Kier molecular flexibility index (Phi) is 11.1. The van der Waals surface area contributed by atoms with E-state index in [9.17, 15) is 29.1 Å². The molecule has 2 saturated heterocycles. The van der Waals surface area contributed by atoms with Crippen molar-refractivity contribution in [3.8, 4) is 0 Å². The average Bonchev–Trinajstić information content (AvgIpc) is 3.75. The Morgan fingerprint density at radius 1 is 1.02 bits per heavy atom. The molecule has 5 N–H and O–H groups in total. The first-order valence-corrected chi connectivity index (χ1v) is 18.3. The van der Waals surface area contributed by atoms with E-state index in [0.717, 1.165) is 42.9 Å². The molecule has 3 aliphatic rings. The summed E-state index contributed by atoms with van der Waals surface area (Å²) in [6.07, 6.45) is 7.56. The zero-order chi connectivity index (χ0) is 37.0. The molecular formula is C38H49N7O7. The van der Waals surface area contributed by atoms with Crippen molar-refractivity contribution in [1.29, 1.82) is 0 Å². The Morgan fingerprint density at radius 3 is 2.50 bits per heavy atom. The number of hydrogen-bond acceptors (Lipinski definition) is 9. The molecule has 0 radical (unpaired) electrons. The van der Waals surface area contributed by atoms with Gasteiger partial charge in [-0.3, -0.25) is 24.0 Å². The average molecular weight is 716 g/mol. The van der Waals surface area contributed by atoms with Crippen LogP contribution in [0.3, 0.4) is 0 Å². The number of aromatic nitrogens is 3. The van der Waals surface area contributed by atoms with E-state index < -0.39 is 58.7 Å². The summed E-state index contributed by atoms with van der Waals surface area (Å²) in [5, 5.41) is 26.9. The van der Waals surface area contributed by atoms with Crippen LogP contribution in [0.1, 0.15) is 100 Å². The van der Waals surface area contributed by atoms with Crippen LogP contribution >= 0.6 is 0 Å². The highest BCUT2D eigenvalue weighted by atomic mass is 16.5. The Morgan fingerprint density at radius 2 is 1.77 bits per heavy atom. The fourth-order valence-corrected chi connectivity index (χ4v) is 8.10. The maximum absolute atomic E-state index is 14.9. The summed E-state index contributed by atoms with van der Waals surface area (Å²) in [4.78, 5) is 70.1. The first-order valence-electron chi connectivity index (χ1n) is 18.3. The first kappa shape index (κ1) is 37.1. The third-order valence-corrected chi connectivity index (χ3v) is 10.9. The topological polar surface area (TPSA) is 199 Å². The highest BCUT2D eigenvalue weighted by Gasteiger charge is 2.49. The highest BCUT2D eigenvalue weighted by molar-refractivity contribution is 6.39. The Labute approximate surface area is 302 Å². The van der Waals surface area contributed by atoms with Crippen molar-refractivity contribution in [2.45, 2.75) is 107 Å². The van der Waals surface area contributed by atoms with Crippen molar-refractivity contribution in [3.63, 3.8) is 0 Å². The Bertz CT molecular complexity index is 1800. The van der Waals surface area contributed by atoms with Crippen LogP contribution in [0, 0.1) is 5.92 Å². The van der Waals surface area contributed by atoms with E-state index in [1.54, 1.807) is 26.0 Å². The molecule has 1 unspecified atom stereocenters. The fraction of sp³-hybridized carbons (Fsp3) is 0.553. The van der Waals surface area contributed by atoms with Gasteiger partial charge in [-0.15, -0.1) is 5.10 Å². The molecule has 14 heteroatoms. The smallest absolute Gasteiger partial charge is 0.287 e. The summed E-state index contributed by atoms with van der Waals surface area (Å²) in [6, 6.07) is 10.5. The summed E-state index contributed by atoms with van der Waals surface area (Å²) < 4.78 is 7.08. The molecule has 4 atom stereocenters. The van der Waals surface area contributed by atoms with Crippen molar-refractivity contribution in [2.75, 3.05) is 19.8 Å². The molecule has 3 aromatic rings. The number of benzene rings is 2. The van der Waals surface area contributed by atoms with Gasteiger partial charge in [0.1, 0.15) is 23.2 Å². The molecule has 3 heterocycles. The van der Waals surface area contributed by atoms with Crippen LogP contribution in [0.15, 0.2) is 48.7 Å². The van der Waals surface area contributed by atoms with Crippen LogP contribution in [0.25, 0.3) is 10.8 Å². The Hall–Kier alpha value is -4.69. The molecule has 4 amide bonds. The molecular weight excluding hydrogens is 666 g/mol. The number of aliphatic hydroxyl groups is 1. The molecule has 1 aliphatic carbocycles. The fourth-order valence-electron chi connectivity index (χ4n) is 8.10. The van der Waals surface area contributed by atoms with Crippen LogP contribution in [0.2, 0.25) is 0 Å². The number of ketones is 1. The zero-order valence-corrected chi connectivity index (χ0v) is 29.9. The predicted octanol–water partition coefficient (Wildman–Crippen LogP) is 2.68. The lowest BCUT2D eigenvalue weighted by molar-refractivity contribution is -0.145. The number of nitrogens with one attached hydrogen (secondary N) is 2. The molecule has 52 heavy (non-hydrogen) atoms. The van der Waals surface area contributed by atoms with Crippen molar-refractivity contribution in [2.24, 2.45) is 11.7 Å². The normalized spacial score (nSPS) is 23.5. The van der Waals surface area contributed by atoms with Gasteiger partial charge in [0.05, 0.1) is 17.9 Å². The molecule has 2 aliphatic heterocycles. The number of nitrogens with two attached hydrogens (primary N) is 1. The minimum Gasteiger partial charge on any atom is -0.384 e. The van der Waals surface area contributed by atoms with Gasteiger partial charge >= 0.3 is 0 Å². The lowest BCUT2D eigenvalue weighted by Gasteiger charge is -2.35. The second-order valence-corrected chi connectivity index (χ2v) is 15.1. The number of carbonyl (C=O) groups excluding carboxylic acids is 5. The lowest BCUT2D eigenvalue weighted by Crippen LogP contribution is -2.62. The van der Waals surface area contributed by atoms with E-state index in [4.69, 9.17) is 10.5 Å². The van der Waals surface area contributed by atoms with Crippen LogP contribution in [0.4, 0.5) is 0 Å². The van der Waals surface area contributed by atoms with E-state index in [2.05, 4.69) is 20.9 Å². The quantitative estimate of drug-likeness (QED) is 0.216. The van der Waals surface area contributed by atoms with Gasteiger partial charge in [0.2, 0.25) is 17.6 Å². The lowest BCUT2D eigenvalue weighted by atomic mass is 9.84. The summed E-state index contributed by atoms with van der Waals surface area (Å²) in [7, 11) is 0. The second kappa shape index (κ2) is 15.5. The number of nitrogens with zero attached hydrogens (tertiary/aromatic N) is 4. The second-order valence-electron chi connectivity index (χ2n) is 15.1. The number of amides is 4. The van der Waals surface area contributed by atoms with Gasteiger partial charge in [-0.1, -0.05) is 67.6 Å². The van der Waals surface area contributed by atoms with Gasteiger partial charge in [-0.05, 0) is 61.9 Å². The summed E-state index contributed by atoms with van der Waals surface area (Å²) in [6.45, 7) is 3.70. The van der Waals surface area contributed by atoms with Gasteiger partial charge in [0.15, 0.2) is 0 Å². The molecule has 278 valence electrons. The highest BCUT2D eigenvalue weighted by Crippen LogP contribution is 2.34. The van der Waals surface area contributed by atoms with Gasteiger partial charge in [-0.25, -0.2) is 4.68 Å². The molecule has 1 saturated carbocycles. The van der Waals surface area contributed by atoms with Crippen molar-refractivity contribution < 1.29 is 33.8 Å². The third-order valence-electron chi connectivity index (χ3n) is 10.9. The van der Waals surface area contributed by atoms with Crippen LogP contribution < -0.4 is 16.4 Å². The van der Waals surface area contributed by atoms with Gasteiger partial charge in [0.25, 0.3) is 11.8 Å². The molecule has 0 bridgehead atoms. The minimum atomic E-state index is -1.59. The van der Waals surface area contributed by atoms with Crippen molar-refractivity contribution in [3.05, 3.63) is 59.9 Å². The predicted molar refractivity (Wildman–Crippen MR) is 191 cm³/mol. The number of likely N-dealkylation sites (tertiary alicyclic amines) is 1. The monoisotopic (exact) mass is 715 g/mol. The number of rotatable bonds is 11. The standard InChI is InChI=1S/C38H49N7O7/c1-37(2,51)31-22-40-43-45(31)28-21-30(35(49)42-38(32(46)33(39)47)15-8-17-52-18-16-38)44(23-28)36(50)29(19-24-9-4-3-5-10-24)41-34(48)27-14-13-25-11-6-7-12-26(25)20-27/h6-7,11-14,20,22,24,28-30,51H,3-5,8-10,15-19,21,23H2,1-2H3,(H2,39,47)(H,41,48)(H,42,49)/t28-,29?,30-,38-/m0/s1. The van der Waals surface area contributed by atoms with Crippen molar-refractivity contribution >= 4 is 40.2 Å². The first-order chi connectivity index (χ1) is 24.9. The largest absolute Gasteiger partial charge is 0.384 e. The van der Waals surface area contributed by atoms with Crippen LogP contribution in [0.5, 0.6) is 0 Å². The van der Waals surface area contributed by atoms with E-state index >= 15 is 0 Å². The van der Waals surface area contributed by atoms with Gasteiger partial charge in [-0.2, -0.15) is 0 Å². The molecule has 1 aromatic heterocycles. The summed E-state index contributed by atoms with van der Waals surface area (Å²) in [5.41, 5.74) is 3.37. The molecule has 14 nitrogen and oxygen atoms in total. The maximum atomic E-state index is 14.9. The third kappa shape index (κ3) is 8.02. The number of ether oxygens (including phenoxy) is 1. The van der Waals surface area contributed by atoms with Crippen LogP contribution in [-0.2, 0) is 29.5 Å². The molecule has 0 spiro atoms. The number of fused-ring (bicyclic) bond motifs is 1. The number of Topliss-reactive ketones (excluding diaryl/α,β-unsaturated/α-hetero) is 1. The van der Waals surface area contributed by atoms with E-state index in [1.165, 1.54) is 15.8 Å². The molecule has 3 fully saturated rings. The molecule has 6 rings (SSSR count). The summed E-state index contributed by atoms with van der Waals surface area (Å²) in [5.74, 6) is -3.36. The van der Waals surface area contributed by atoms with E-state index in [-0.39, 0.29) is 38.3 Å². The minimum absolute atomic E-state index is 0.0241. The van der Waals surface area contributed by atoms with Crippen LogP contribution in [-0.4, -0.2) is 91.8 Å². The number of carbonyl (C=O) groups is 5.